The first-order valence-corrected chi connectivity index (χ1v) is 10.6. The van der Waals surface area contributed by atoms with Gasteiger partial charge in [-0.25, -0.2) is 4.99 Å². The summed E-state index contributed by atoms with van der Waals surface area (Å²) < 4.78 is 5.20. The third-order valence-electron chi connectivity index (χ3n) is 4.75. The zero-order chi connectivity index (χ0) is 22.5. The summed E-state index contributed by atoms with van der Waals surface area (Å²) in [4.78, 5) is 30.6. The fourth-order valence-corrected chi connectivity index (χ4v) is 4.13. The van der Waals surface area contributed by atoms with Gasteiger partial charge in [-0.1, -0.05) is 42.5 Å². The van der Waals surface area contributed by atoms with Crippen LogP contribution in [-0.4, -0.2) is 28.0 Å². The Bertz CT molecular complexity index is 1210. The van der Waals surface area contributed by atoms with Crippen molar-refractivity contribution < 1.29 is 14.5 Å². The van der Waals surface area contributed by atoms with Crippen molar-refractivity contribution in [3.05, 3.63) is 105 Å². The second-order valence-corrected chi connectivity index (χ2v) is 7.94. The van der Waals surface area contributed by atoms with Gasteiger partial charge >= 0.3 is 0 Å². The molecule has 1 aliphatic rings. The van der Waals surface area contributed by atoms with Crippen LogP contribution < -0.4 is 4.74 Å². The average molecular weight is 446 g/mol. The van der Waals surface area contributed by atoms with Crippen LogP contribution in [0.15, 0.2) is 88.8 Å². The average Bonchev–Trinajstić information content (AvgIpc) is 3.09. The van der Waals surface area contributed by atoms with Gasteiger partial charge in [0.25, 0.3) is 11.6 Å². The van der Waals surface area contributed by atoms with Crippen LogP contribution in [0.5, 0.6) is 5.75 Å². The molecule has 0 bridgehead atoms. The molecule has 3 aromatic rings. The highest BCUT2D eigenvalue weighted by atomic mass is 32.2. The topological polar surface area (TPSA) is 85.0 Å². The SMILES string of the molecule is COc1ccc(CN2C(=O)/C(=C/c3cccc([N+](=O)[O-])c3)SC2=Nc2ccccc2)cc1. The summed E-state index contributed by atoms with van der Waals surface area (Å²) in [5, 5.41) is 11.6. The Balaban J connectivity index is 1.68. The first kappa shape index (κ1) is 21.3. The number of non-ortho nitro benzene ring substituents is 1. The van der Waals surface area contributed by atoms with Gasteiger partial charge in [0.05, 0.1) is 29.2 Å². The van der Waals surface area contributed by atoms with E-state index in [1.54, 1.807) is 30.2 Å². The molecule has 1 fully saturated rings. The molecule has 0 unspecified atom stereocenters. The zero-order valence-electron chi connectivity index (χ0n) is 17.2. The maximum Gasteiger partial charge on any atom is 0.270 e. The van der Waals surface area contributed by atoms with Crippen LogP contribution in [0.3, 0.4) is 0 Å². The van der Waals surface area contributed by atoms with Crippen LogP contribution in [0.2, 0.25) is 0 Å². The molecule has 0 N–H and O–H groups in total. The minimum Gasteiger partial charge on any atom is -0.497 e. The number of nitrogens with zero attached hydrogens (tertiary/aromatic N) is 3. The lowest BCUT2D eigenvalue weighted by atomic mass is 10.1. The van der Waals surface area contributed by atoms with E-state index >= 15 is 0 Å². The molecule has 160 valence electrons. The quantitative estimate of drug-likeness (QED) is 0.288. The number of hydrogen-bond donors (Lipinski definition) is 0. The molecule has 0 saturated carbocycles. The highest BCUT2D eigenvalue weighted by molar-refractivity contribution is 8.18. The molecular formula is C24H19N3O4S. The molecule has 0 aromatic heterocycles. The van der Waals surface area contributed by atoms with Gasteiger partial charge in [0, 0.05) is 12.1 Å². The van der Waals surface area contributed by atoms with Crippen LogP contribution in [0.4, 0.5) is 11.4 Å². The normalized spacial score (nSPS) is 16.0. The van der Waals surface area contributed by atoms with Crippen LogP contribution >= 0.6 is 11.8 Å². The number of rotatable bonds is 6. The van der Waals surface area contributed by atoms with E-state index in [-0.39, 0.29) is 11.6 Å². The molecule has 4 rings (SSSR count). The Hall–Kier alpha value is -3.91. The molecule has 1 aliphatic heterocycles. The number of para-hydroxylation sites is 1. The number of hydrogen-bond acceptors (Lipinski definition) is 6. The van der Waals surface area contributed by atoms with Gasteiger partial charge in [0.2, 0.25) is 0 Å². The van der Waals surface area contributed by atoms with Crippen molar-refractivity contribution >= 4 is 40.3 Å². The van der Waals surface area contributed by atoms with Gasteiger partial charge in [-0.2, -0.15) is 0 Å². The molecule has 7 nitrogen and oxygen atoms in total. The number of amidine groups is 1. The van der Waals surface area contributed by atoms with Crippen LogP contribution in [-0.2, 0) is 11.3 Å². The lowest BCUT2D eigenvalue weighted by molar-refractivity contribution is -0.384. The van der Waals surface area contributed by atoms with E-state index in [0.717, 1.165) is 17.0 Å². The molecule has 0 spiro atoms. The first-order valence-electron chi connectivity index (χ1n) is 9.76. The fraction of sp³-hybridized carbons (Fsp3) is 0.0833. The van der Waals surface area contributed by atoms with Crippen molar-refractivity contribution in [1.82, 2.24) is 4.90 Å². The van der Waals surface area contributed by atoms with E-state index in [4.69, 9.17) is 4.74 Å². The number of benzene rings is 3. The summed E-state index contributed by atoms with van der Waals surface area (Å²) in [6.07, 6.45) is 1.66. The van der Waals surface area contributed by atoms with Gasteiger partial charge < -0.3 is 4.74 Å². The Labute approximate surface area is 189 Å². The minimum absolute atomic E-state index is 0.0249. The third-order valence-corrected chi connectivity index (χ3v) is 5.75. The molecular weight excluding hydrogens is 426 g/mol. The Morgan fingerprint density at radius 3 is 2.50 bits per heavy atom. The Morgan fingerprint density at radius 2 is 1.81 bits per heavy atom. The minimum atomic E-state index is -0.454. The van der Waals surface area contributed by atoms with Crippen LogP contribution in [0.1, 0.15) is 11.1 Å². The van der Waals surface area contributed by atoms with Crippen LogP contribution in [0.25, 0.3) is 6.08 Å². The lowest BCUT2D eigenvalue weighted by Crippen LogP contribution is -2.28. The number of carbonyl (C=O) groups excluding carboxylic acids is 1. The van der Waals surface area contributed by atoms with Crippen molar-refractivity contribution in [2.24, 2.45) is 4.99 Å². The highest BCUT2D eigenvalue weighted by Crippen LogP contribution is 2.35. The predicted molar refractivity (Wildman–Crippen MR) is 126 cm³/mol. The van der Waals surface area contributed by atoms with E-state index in [0.29, 0.717) is 22.2 Å². The smallest absolute Gasteiger partial charge is 0.270 e. The summed E-state index contributed by atoms with van der Waals surface area (Å²) in [6.45, 7) is 0.341. The van der Waals surface area contributed by atoms with Gasteiger partial charge in [0.15, 0.2) is 5.17 Å². The number of carbonyl (C=O) groups is 1. The summed E-state index contributed by atoms with van der Waals surface area (Å²) in [7, 11) is 1.60. The number of methoxy groups -OCH3 is 1. The van der Waals surface area contributed by atoms with Crippen molar-refractivity contribution in [2.45, 2.75) is 6.54 Å². The molecule has 0 radical (unpaired) electrons. The lowest BCUT2D eigenvalue weighted by Gasteiger charge is -2.16. The van der Waals surface area contributed by atoms with Crippen molar-refractivity contribution in [3.8, 4) is 5.75 Å². The number of amides is 1. The zero-order valence-corrected chi connectivity index (χ0v) is 18.0. The van der Waals surface area contributed by atoms with Gasteiger partial charge in [-0.05, 0) is 53.2 Å². The van der Waals surface area contributed by atoms with E-state index in [1.165, 1.54) is 23.9 Å². The van der Waals surface area contributed by atoms with Gasteiger partial charge in [-0.3, -0.25) is 19.8 Å². The maximum atomic E-state index is 13.3. The third kappa shape index (κ3) is 4.87. The van der Waals surface area contributed by atoms with E-state index in [2.05, 4.69) is 4.99 Å². The number of aliphatic imine (C=N–C) groups is 1. The van der Waals surface area contributed by atoms with Crippen molar-refractivity contribution in [3.63, 3.8) is 0 Å². The molecule has 1 saturated heterocycles. The summed E-state index contributed by atoms with van der Waals surface area (Å²) in [5.41, 5.74) is 2.22. The second-order valence-electron chi connectivity index (χ2n) is 6.93. The maximum absolute atomic E-state index is 13.3. The number of nitro benzene ring substituents is 1. The molecule has 3 aromatic carbocycles. The summed E-state index contributed by atoms with van der Waals surface area (Å²) >= 11 is 1.25. The Kier molecular flexibility index (Phi) is 6.32. The fourth-order valence-electron chi connectivity index (χ4n) is 3.14. The van der Waals surface area contributed by atoms with Crippen molar-refractivity contribution in [2.75, 3.05) is 7.11 Å². The van der Waals surface area contributed by atoms with E-state index in [1.807, 2.05) is 54.6 Å². The van der Waals surface area contributed by atoms with E-state index in [9.17, 15) is 14.9 Å². The summed E-state index contributed by atoms with van der Waals surface area (Å²) in [6, 6.07) is 23.1. The number of ether oxygens (including phenoxy) is 1. The van der Waals surface area contributed by atoms with Gasteiger partial charge in [-0.15, -0.1) is 0 Å². The number of nitro groups is 1. The largest absolute Gasteiger partial charge is 0.497 e. The standard InChI is InChI=1S/C24H19N3O4S/c1-31-21-12-10-17(11-13-21)16-26-23(28)22(15-18-6-5-9-20(14-18)27(29)30)32-24(26)25-19-7-3-2-4-8-19/h2-15H,16H2,1H3/b22-15-,25-24?. The van der Waals surface area contributed by atoms with Crippen molar-refractivity contribution in [1.29, 1.82) is 0 Å². The second kappa shape index (κ2) is 9.49. The molecule has 8 heteroatoms. The monoisotopic (exact) mass is 445 g/mol. The molecule has 32 heavy (non-hydrogen) atoms. The predicted octanol–water partition coefficient (Wildman–Crippen LogP) is 5.41. The van der Waals surface area contributed by atoms with Gasteiger partial charge in [0.1, 0.15) is 5.75 Å². The number of thioether (sulfide) groups is 1. The first-order chi connectivity index (χ1) is 15.5. The molecule has 1 amide bonds. The van der Waals surface area contributed by atoms with Crippen LogP contribution in [0, 0.1) is 10.1 Å². The molecule has 1 heterocycles. The van der Waals surface area contributed by atoms with E-state index < -0.39 is 4.92 Å². The Morgan fingerprint density at radius 1 is 1.06 bits per heavy atom. The molecule has 0 atom stereocenters. The summed E-state index contributed by atoms with van der Waals surface area (Å²) in [5.74, 6) is 0.535. The molecule has 0 aliphatic carbocycles. The highest BCUT2D eigenvalue weighted by Gasteiger charge is 2.33.